The zero-order chi connectivity index (χ0) is 6.41. The molecule has 1 atom stereocenters. The predicted molar refractivity (Wildman–Crippen MR) is 34.2 cm³/mol. The zero-order valence-electron chi connectivity index (χ0n) is 5.02. The molecule has 0 aliphatic rings. The summed E-state index contributed by atoms with van der Waals surface area (Å²) in [4.78, 5) is 0. The van der Waals surface area contributed by atoms with Gasteiger partial charge in [0.2, 0.25) is 0 Å². The van der Waals surface area contributed by atoms with Gasteiger partial charge in [-0.05, 0) is 5.54 Å². The van der Waals surface area contributed by atoms with Gasteiger partial charge in [0, 0.05) is 6.42 Å². The highest BCUT2D eigenvalue weighted by Crippen LogP contribution is 2.04. The maximum Gasteiger partial charge on any atom is 0.0734 e. The highest BCUT2D eigenvalue weighted by Gasteiger charge is 1.99. The molecule has 0 saturated heterocycles. The summed E-state index contributed by atoms with van der Waals surface area (Å²) in [6, 6.07) is 2.02. The van der Waals surface area contributed by atoms with E-state index >= 15 is 0 Å². The maximum atomic E-state index is 11.5. The van der Waals surface area contributed by atoms with Crippen molar-refractivity contribution in [3.63, 3.8) is 0 Å². The average Bonchev–Trinajstić information content (AvgIpc) is 1.68. The summed E-state index contributed by atoms with van der Waals surface area (Å²) in [6.45, 7) is 1.94. The van der Waals surface area contributed by atoms with Crippen molar-refractivity contribution in [1.82, 2.24) is 0 Å². The molecular formula is C5H10FNSi. The number of hydrogen-bond acceptors (Lipinski definition) is 1. The van der Waals surface area contributed by atoms with Crippen molar-refractivity contribution in [3.8, 4) is 6.07 Å². The van der Waals surface area contributed by atoms with Gasteiger partial charge in [-0.1, -0.05) is 6.92 Å². The predicted octanol–water partition coefficient (Wildman–Crippen LogP) is 0.804. The highest BCUT2D eigenvalue weighted by atomic mass is 28.2. The Morgan fingerprint density at radius 1 is 1.88 bits per heavy atom. The molecule has 0 amide bonds. The van der Waals surface area contributed by atoms with E-state index in [2.05, 4.69) is 0 Å². The lowest BCUT2D eigenvalue weighted by molar-refractivity contribution is 0.588. The first-order valence-corrected chi connectivity index (χ1v) is 4.55. The smallest absolute Gasteiger partial charge is 0.0734 e. The van der Waals surface area contributed by atoms with E-state index in [1.54, 1.807) is 0 Å². The molecular weight excluding hydrogens is 121 g/mol. The van der Waals surface area contributed by atoms with Crippen LogP contribution in [0.5, 0.6) is 0 Å². The fourth-order valence-corrected chi connectivity index (χ4v) is 1.15. The summed E-state index contributed by atoms with van der Waals surface area (Å²) >= 11 is 0. The van der Waals surface area contributed by atoms with Crippen molar-refractivity contribution in [1.29, 1.82) is 5.26 Å². The van der Waals surface area contributed by atoms with Crippen molar-refractivity contribution in [2.24, 2.45) is 0 Å². The highest BCUT2D eigenvalue weighted by molar-refractivity contribution is 6.37. The van der Waals surface area contributed by atoms with Crippen LogP contribution in [-0.2, 0) is 0 Å². The van der Waals surface area contributed by atoms with E-state index in [9.17, 15) is 4.39 Å². The van der Waals surface area contributed by atoms with E-state index in [-0.39, 0.29) is 6.30 Å². The standard InChI is InChI=1S/C5H10FNSi/c1-5(2-3-7)8-4-6/h5H,2,4,8H2,1H3. The molecule has 0 fully saturated rings. The Morgan fingerprint density at radius 3 is 2.88 bits per heavy atom. The van der Waals surface area contributed by atoms with Crippen molar-refractivity contribution in [2.45, 2.75) is 18.9 Å². The second kappa shape index (κ2) is 4.79. The topological polar surface area (TPSA) is 23.8 Å². The average molecular weight is 131 g/mol. The van der Waals surface area contributed by atoms with E-state index in [0.717, 1.165) is 0 Å². The molecule has 1 unspecified atom stereocenters. The minimum atomic E-state index is -0.554. The lowest BCUT2D eigenvalue weighted by atomic mass is 10.4. The number of alkyl halides is 1. The largest absolute Gasteiger partial charge is 0.256 e. The molecule has 8 heavy (non-hydrogen) atoms. The van der Waals surface area contributed by atoms with E-state index in [1.165, 1.54) is 0 Å². The Morgan fingerprint density at radius 2 is 2.50 bits per heavy atom. The van der Waals surface area contributed by atoms with Gasteiger partial charge in [0.05, 0.1) is 21.9 Å². The molecule has 0 aromatic carbocycles. The van der Waals surface area contributed by atoms with Crippen LogP contribution in [0.2, 0.25) is 5.54 Å². The normalized spacial score (nSPS) is 14.1. The Balaban J connectivity index is 3.08. The van der Waals surface area contributed by atoms with Gasteiger partial charge in [0.1, 0.15) is 0 Å². The number of halogens is 1. The third kappa shape index (κ3) is 3.81. The summed E-state index contributed by atoms with van der Waals surface area (Å²) in [5.41, 5.74) is 0.366. The van der Waals surface area contributed by atoms with Crippen LogP contribution < -0.4 is 0 Å². The van der Waals surface area contributed by atoms with Crippen molar-refractivity contribution in [2.75, 3.05) is 6.30 Å². The Labute approximate surface area is 51.3 Å². The third-order valence-corrected chi connectivity index (χ3v) is 2.53. The second-order valence-electron chi connectivity index (χ2n) is 1.95. The molecule has 0 aromatic heterocycles. The molecule has 0 spiro atoms. The van der Waals surface area contributed by atoms with Crippen LogP contribution in [0.1, 0.15) is 13.3 Å². The molecule has 0 N–H and O–H groups in total. The minimum Gasteiger partial charge on any atom is -0.256 e. The Kier molecular flexibility index (Phi) is 4.57. The lowest BCUT2D eigenvalue weighted by Gasteiger charge is -1.98. The van der Waals surface area contributed by atoms with E-state index in [1.807, 2.05) is 13.0 Å². The van der Waals surface area contributed by atoms with Crippen LogP contribution in [0.25, 0.3) is 0 Å². The number of nitrogens with zero attached hydrogens (tertiary/aromatic N) is 1. The molecule has 3 heteroatoms. The van der Waals surface area contributed by atoms with Gasteiger partial charge in [-0.3, -0.25) is 4.39 Å². The van der Waals surface area contributed by atoms with Gasteiger partial charge in [-0.15, -0.1) is 0 Å². The molecule has 0 radical (unpaired) electrons. The summed E-state index contributed by atoms with van der Waals surface area (Å²) in [5, 5.41) is 8.11. The molecule has 0 aliphatic heterocycles. The van der Waals surface area contributed by atoms with Gasteiger partial charge in [0.25, 0.3) is 0 Å². The van der Waals surface area contributed by atoms with Gasteiger partial charge >= 0.3 is 0 Å². The summed E-state index contributed by atoms with van der Waals surface area (Å²) in [6.07, 6.45) is 0.374. The van der Waals surface area contributed by atoms with Crippen LogP contribution in [0.4, 0.5) is 4.39 Å². The molecule has 1 nitrogen and oxygen atoms in total. The second-order valence-corrected chi connectivity index (χ2v) is 4.29. The summed E-state index contributed by atoms with van der Waals surface area (Å²) < 4.78 is 11.5. The van der Waals surface area contributed by atoms with E-state index in [4.69, 9.17) is 5.26 Å². The molecule has 46 valence electrons. The van der Waals surface area contributed by atoms with E-state index in [0.29, 0.717) is 12.0 Å². The van der Waals surface area contributed by atoms with Gasteiger partial charge < -0.3 is 0 Å². The van der Waals surface area contributed by atoms with Crippen molar-refractivity contribution in [3.05, 3.63) is 0 Å². The Bertz CT molecular complexity index is 88.9. The fraction of sp³-hybridized carbons (Fsp3) is 0.800. The number of rotatable bonds is 3. The molecule has 0 heterocycles. The summed E-state index contributed by atoms with van der Waals surface area (Å²) in [5.74, 6) is 0. The number of hydrogen-bond donors (Lipinski definition) is 0. The van der Waals surface area contributed by atoms with Gasteiger partial charge in [-0.25, -0.2) is 0 Å². The molecule has 0 aliphatic carbocycles. The van der Waals surface area contributed by atoms with Crippen LogP contribution >= 0.6 is 0 Å². The monoisotopic (exact) mass is 131 g/mol. The molecule has 0 saturated carbocycles. The first-order valence-electron chi connectivity index (χ1n) is 2.74. The SMILES string of the molecule is CC(CC#N)[SiH2]CF. The van der Waals surface area contributed by atoms with Gasteiger partial charge in [0.15, 0.2) is 0 Å². The minimum absolute atomic E-state index is 0.164. The third-order valence-electron chi connectivity index (χ3n) is 1.04. The van der Waals surface area contributed by atoms with Crippen LogP contribution in [0, 0.1) is 11.3 Å². The van der Waals surface area contributed by atoms with Crippen molar-refractivity contribution >= 4 is 9.52 Å². The molecule has 0 bridgehead atoms. The first-order chi connectivity index (χ1) is 3.81. The van der Waals surface area contributed by atoms with E-state index < -0.39 is 9.52 Å². The number of nitriles is 1. The Hall–Kier alpha value is -0.363. The van der Waals surface area contributed by atoms with Crippen molar-refractivity contribution < 1.29 is 4.39 Å². The zero-order valence-corrected chi connectivity index (χ0v) is 6.44. The summed E-state index contributed by atoms with van der Waals surface area (Å²) in [7, 11) is -0.554. The molecule has 0 rings (SSSR count). The molecule has 0 aromatic rings. The van der Waals surface area contributed by atoms with Crippen LogP contribution in [-0.4, -0.2) is 15.8 Å². The van der Waals surface area contributed by atoms with Crippen LogP contribution in [0.3, 0.4) is 0 Å². The first kappa shape index (κ1) is 7.64. The fourth-order valence-electron chi connectivity index (χ4n) is 0.444. The van der Waals surface area contributed by atoms with Gasteiger partial charge in [-0.2, -0.15) is 5.26 Å². The van der Waals surface area contributed by atoms with Crippen LogP contribution in [0.15, 0.2) is 0 Å². The lowest BCUT2D eigenvalue weighted by Crippen LogP contribution is -2.00. The quantitative estimate of drug-likeness (QED) is 0.520. The maximum absolute atomic E-state index is 11.5.